The molecule has 196 valence electrons. The number of carbonyl (C=O) groups is 2. The van der Waals surface area contributed by atoms with E-state index in [1.165, 1.54) is 4.90 Å². The summed E-state index contributed by atoms with van der Waals surface area (Å²) in [6, 6.07) is 0. The van der Waals surface area contributed by atoms with E-state index in [1.807, 2.05) is 20.9 Å². The van der Waals surface area contributed by atoms with Crippen molar-refractivity contribution >= 4 is 46.8 Å². The normalized spacial score (nSPS) is 14.2. The number of halogens is 1. The van der Waals surface area contributed by atoms with Crippen LogP contribution in [0.15, 0.2) is 12.4 Å². The number of aryl methyl sites for hydroxylation is 1. The van der Waals surface area contributed by atoms with E-state index in [2.05, 4.69) is 44.1 Å². The Hall–Kier alpha value is -3.70. The van der Waals surface area contributed by atoms with Crippen LogP contribution < -0.4 is 16.0 Å². The van der Waals surface area contributed by atoms with Crippen LogP contribution in [0.3, 0.4) is 0 Å². The highest BCUT2D eigenvalue weighted by Gasteiger charge is 2.37. The molecule has 3 aromatic rings. The summed E-state index contributed by atoms with van der Waals surface area (Å²) in [5, 5.41) is 7.32. The van der Waals surface area contributed by atoms with Crippen molar-refractivity contribution in [1.29, 1.82) is 0 Å². The molecule has 0 bridgehead atoms. The number of likely N-dealkylation sites (N-methyl/N-ethyl adjacent to an activating group) is 1. The molecule has 0 aliphatic carbocycles. The predicted octanol–water partition coefficient (Wildman–Crippen LogP) is 2.55. The third-order valence-electron chi connectivity index (χ3n) is 6.85. The Morgan fingerprint density at radius 1 is 1.27 bits per heavy atom. The Morgan fingerprint density at radius 3 is 2.65 bits per heavy atom. The van der Waals surface area contributed by atoms with E-state index in [1.54, 1.807) is 23.2 Å². The molecule has 0 saturated heterocycles. The highest BCUT2D eigenvalue weighted by molar-refractivity contribution is 6.41. The fraction of sp³-hybridized carbons (Fsp3) is 0.400. The number of hydrogen-bond donors (Lipinski definition) is 3. The number of hydrogen-bond acceptors (Lipinski definition) is 7. The van der Waals surface area contributed by atoms with Gasteiger partial charge >= 0.3 is 0 Å². The van der Waals surface area contributed by atoms with Crippen molar-refractivity contribution in [2.45, 2.75) is 34.2 Å². The van der Waals surface area contributed by atoms with Gasteiger partial charge in [0.05, 0.1) is 29.4 Å². The number of nitrogens with two attached hydrogens (primary N) is 1. The third kappa shape index (κ3) is 5.09. The minimum atomic E-state index is -0.292. The summed E-state index contributed by atoms with van der Waals surface area (Å²) in [5.41, 5.74) is 10.2. The predicted molar refractivity (Wildman–Crippen MR) is 144 cm³/mol. The lowest BCUT2D eigenvalue weighted by atomic mass is 10.1. The monoisotopic (exact) mass is 525 g/mol. The molecule has 4 rings (SSSR count). The summed E-state index contributed by atoms with van der Waals surface area (Å²) < 4.78 is 1.74. The number of nitrogens with zero attached hydrogens (tertiary/aromatic N) is 6. The van der Waals surface area contributed by atoms with E-state index < -0.39 is 0 Å². The molecule has 4 heterocycles. The molecule has 0 aromatic carbocycles. The molecule has 2 amide bonds. The molecule has 0 unspecified atom stereocenters. The lowest BCUT2D eigenvalue weighted by Crippen LogP contribution is -2.34. The maximum absolute atomic E-state index is 13.6. The first-order valence-corrected chi connectivity index (χ1v) is 12.6. The Morgan fingerprint density at radius 2 is 2.00 bits per heavy atom. The smallest absolute Gasteiger partial charge is 0.260 e. The van der Waals surface area contributed by atoms with E-state index in [4.69, 9.17) is 17.3 Å². The van der Waals surface area contributed by atoms with Gasteiger partial charge in [0.25, 0.3) is 11.8 Å². The molecule has 11 nitrogen and oxygen atoms in total. The van der Waals surface area contributed by atoms with Gasteiger partial charge < -0.3 is 20.9 Å². The van der Waals surface area contributed by atoms with E-state index in [-0.39, 0.29) is 29.5 Å². The first-order chi connectivity index (χ1) is 17.7. The number of fused-ring (bicyclic) bond motifs is 1. The number of amides is 2. The van der Waals surface area contributed by atoms with Crippen molar-refractivity contribution in [3.05, 3.63) is 51.2 Å². The Bertz CT molecular complexity index is 1370. The second-order valence-electron chi connectivity index (χ2n) is 8.92. The molecule has 0 radical (unpaired) electrons. The van der Waals surface area contributed by atoms with Crippen LogP contribution in [-0.2, 0) is 18.4 Å². The molecular formula is C25H32ClN9O2. The van der Waals surface area contributed by atoms with Crippen molar-refractivity contribution in [3.63, 3.8) is 0 Å². The number of anilines is 2. The van der Waals surface area contributed by atoms with Gasteiger partial charge in [0.1, 0.15) is 5.15 Å². The van der Waals surface area contributed by atoms with Gasteiger partial charge in [0.15, 0.2) is 5.82 Å². The largest absolute Gasteiger partial charge is 0.368 e. The summed E-state index contributed by atoms with van der Waals surface area (Å²) in [4.78, 5) is 41.7. The number of H-pyrrole nitrogens is 1. The Kier molecular flexibility index (Phi) is 7.65. The van der Waals surface area contributed by atoms with Crippen LogP contribution in [0.25, 0.3) is 11.6 Å². The minimum Gasteiger partial charge on any atom is -0.368 e. The number of rotatable bonds is 9. The average Bonchev–Trinajstić information content (AvgIpc) is 3.47. The molecule has 0 atom stereocenters. The summed E-state index contributed by atoms with van der Waals surface area (Å²) in [5.74, 6) is -0.146. The van der Waals surface area contributed by atoms with Gasteiger partial charge in [-0.1, -0.05) is 25.4 Å². The van der Waals surface area contributed by atoms with Crippen LogP contribution in [0.2, 0.25) is 5.15 Å². The van der Waals surface area contributed by atoms with Crippen LogP contribution in [0.4, 0.5) is 11.8 Å². The molecule has 12 heteroatoms. The number of nitrogens with one attached hydrogen (secondary N) is 2. The summed E-state index contributed by atoms with van der Waals surface area (Å²) >= 11 is 6.46. The van der Waals surface area contributed by atoms with Crippen LogP contribution in [0.1, 0.15) is 52.3 Å². The number of nitrogen functional groups attached to an aromatic ring is 1. The fourth-order valence-electron chi connectivity index (χ4n) is 4.37. The number of aromatic nitrogens is 5. The highest BCUT2D eigenvalue weighted by atomic mass is 35.5. The van der Waals surface area contributed by atoms with Crippen molar-refractivity contribution in [3.8, 4) is 0 Å². The van der Waals surface area contributed by atoms with Crippen molar-refractivity contribution in [2.24, 2.45) is 7.05 Å². The van der Waals surface area contributed by atoms with Crippen molar-refractivity contribution in [2.75, 3.05) is 36.8 Å². The van der Waals surface area contributed by atoms with E-state index in [0.717, 1.165) is 36.5 Å². The molecule has 4 N–H and O–H groups in total. The van der Waals surface area contributed by atoms with Crippen LogP contribution in [-0.4, -0.2) is 67.6 Å². The van der Waals surface area contributed by atoms with Crippen molar-refractivity contribution < 1.29 is 9.59 Å². The summed E-state index contributed by atoms with van der Waals surface area (Å²) in [7, 11) is 1.84. The van der Waals surface area contributed by atoms with Gasteiger partial charge in [-0.3, -0.25) is 19.2 Å². The van der Waals surface area contributed by atoms with Crippen molar-refractivity contribution in [1.82, 2.24) is 34.9 Å². The lowest BCUT2D eigenvalue weighted by Gasteiger charge is -2.17. The highest BCUT2D eigenvalue weighted by Crippen LogP contribution is 2.41. The minimum absolute atomic E-state index is 0.0227. The third-order valence-corrected chi connectivity index (χ3v) is 7.12. The van der Waals surface area contributed by atoms with Gasteiger partial charge in [0.2, 0.25) is 5.95 Å². The SMILES string of the molecule is CCN(CC)CCNC(=O)c1c[nH]c(/C=C2\C(=O)N(Cc3cnn(C)c3C)c3nc(N)nc(Cl)c32)c1C. The standard InChI is InChI=1S/C25H32ClN9O2/c1-6-34(7-2)9-8-28-23(36)18-12-29-19(14(18)3)10-17-20-21(26)31-25(27)32-22(20)35(24(17)37)13-16-11-30-33(5)15(16)4/h10-12,29H,6-9,13H2,1-5H3,(H,28,36)(H2,27,31,32)/b17-10-. The molecule has 1 aliphatic rings. The maximum atomic E-state index is 13.6. The summed E-state index contributed by atoms with van der Waals surface area (Å²) in [6.07, 6.45) is 5.05. The molecule has 37 heavy (non-hydrogen) atoms. The van der Waals surface area contributed by atoms with Gasteiger partial charge in [-0.2, -0.15) is 10.1 Å². The van der Waals surface area contributed by atoms with Gasteiger partial charge in [-0.05, 0) is 38.6 Å². The number of carbonyl (C=O) groups excluding carboxylic acids is 2. The topological polar surface area (TPSA) is 138 Å². The Labute approximate surface area is 220 Å². The molecule has 1 aliphatic heterocycles. The summed E-state index contributed by atoms with van der Waals surface area (Å²) in [6.45, 7) is 11.4. The molecule has 0 spiro atoms. The zero-order valence-corrected chi connectivity index (χ0v) is 22.5. The van der Waals surface area contributed by atoms with E-state index in [0.29, 0.717) is 34.8 Å². The first kappa shape index (κ1) is 26.4. The maximum Gasteiger partial charge on any atom is 0.260 e. The second kappa shape index (κ2) is 10.7. The van der Waals surface area contributed by atoms with E-state index >= 15 is 0 Å². The zero-order chi connectivity index (χ0) is 26.9. The van der Waals surface area contributed by atoms with Crippen LogP contribution in [0, 0.1) is 13.8 Å². The molecule has 0 fully saturated rings. The average molecular weight is 526 g/mol. The van der Waals surface area contributed by atoms with Gasteiger partial charge in [0, 0.05) is 43.3 Å². The quantitative estimate of drug-likeness (QED) is 0.288. The lowest BCUT2D eigenvalue weighted by molar-refractivity contribution is -0.113. The molecular weight excluding hydrogens is 494 g/mol. The van der Waals surface area contributed by atoms with Crippen LogP contribution in [0.5, 0.6) is 0 Å². The van der Waals surface area contributed by atoms with E-state index in [9.17, 15) is 9.59 Å². The molecule has 0 saturated carbocycles. The van der Waals surface area contributed by atoms with Gasteiger partial charge in [-0.15, -0.1) is 0 Å². The Balaban J connectivity index is 1.64. The van der Waals surface area contributed by atoms with Crippen LogP contribution >= 0.6 is 11.6 Å². The second-order valence-corrected chi connectivity index (χ2v) is 9.28. The fourth-order valence-corrected chi connectivity index (χ4v) is 4.64. The zero-order valence-electron chi connectivity index (χ0n) is 21.7. The number of aromatic amines is 1. The van der Waals surface area contributed by atoms with Gasteiger partial charge in [-0.25, -0.2) is 4.98 Å². The first-order valence-electron chi connectivity index (χ1n) is 12.2. The molecule has 3 aromatic heterocycles.